The fourth-order valence-electron chi connectivity index (χ4n) is 1.70. The standard InChI is InChI=1S/C15H12F3N3O2/c16-11-4-2-10(13(18)5-11)8-23-14-6-12(17)3-1-9(14)7-20-21-15(19)22/h1-7H,8H2,(H3,19,21,22). The van der Waals surface area contributed by atoms with Crippen molar-refractivity contribution in [2.24, 2.45) is 10.8 Å². The number of rotatable bonds is 5. The van der Waals surface area contributed by atoms with Gasteiger partial charge in [-0.3, -0.25) is 0 Å². The van der Waals surface area contributed by atoms with Gasteiger partial charge in [0.1, 0.15) is 29.8 Å². The smallest absolute Gasteiger partial charge is 0.332 e. The number of benzene rings is 2. The number of ether oxygens (including phenoxy) is 1. The summed E-state index contributed by atoms with van der Waals surface area (Å²) in [7, 11) is 0. The highest BCUT2D eigenvalue weighted by Crippen LogP contribution is 2.20. The summed E-state index contributed by atoms with van der Waals surface area (Å²) >= 11 is 0. The minimum absolute atomic E-state index is 0.0729. The molecular formula is C15H12F3N3O2. The van der Waals surface area contributed by atoms with Crippen molar-refractivity contribution in [3.63, 3.8) is 0 Å². The Morgan fingerprint density at radius 2 is 1.87 bits per heavy atom. The van der Waals surface area contributed by atoms with Crippen molar-refractivity contribution in [3.8, 4) is 5.75 Å². The van der Waals surface area contributed by atoms with Gasteiger partial charge in [-0.2, -0.15) is 5.10 Å². The topological polar surface area (TPSA) is 76.7 Å². The molecule has 0 unspecified atom stereocenters. The number of carbonyl (C=O) groups excluding carboxylic acids is 1. The van der Waals surface area contributed by atoms with Gasteiger partial charge in [-0.15, -0.1) is 0 Å². The van der Waals surface area contributed by atoms with Gasteiger partial charge >= 0.3 is 6.03 Å². The molecule has 0 fully saturated rings. The maximum absolute atomic E-state index is 13.5. The van der Waals surface area contributed by atoms with Gasteiger partial charge in [-0.1, -0.05) is 0 Å². The number of primary amides is 1. The van der Waals surface area contributed by atoms with Crippen LogP contribution >= 0.6 is 0 Å². The highest BCUT2D eigenvalue weighted by molar-refractivity contribution is 5.84. The Hall–Kier alpha value is -3.03. The largest absolute Gasteiger partial charge is 0.488 e. The molecule has 2 aromatic rings. The zero-order valence-electron chi connectivity index (χ0n) is 11.7. The number of hydrazone groups is 1. The zero-order chi connectivity index (χ0) is 16.8. The molecule has 2 aromatic carbocycles. The van der Waals surface area contributed by atoms with Crippen molar-refractivity contribution >= 4 is 12.2 Å². The average Bonchev–Trinajstić information content (AvgIpc) is 2.48. The molecule has 0 bridgehead atoms. The van der Waals surface area contributed by atoms with Crippen LogP contribution in [-0.4, -0.2) is 12.2 Å². The first-order valence-electron chi connectivity index (χ1n) is 6.40. The fourth-order valence-corrected chi connectivity index (χ4v) is 1.70. The molecule has 8 heteroatoms. The molecule has 0 spiro atoms. The molecule has 23 heavy (non-hydrogen) atoms. The van der Waals surface area contributed by atoms with Crippen LogP contribution < -0.4 is 15.9 Å². The summed E-state index contributed by atoms with van der Waals surface area (Å²) < 4.78 is 45.0. The van der Waals surface area contributed by atoms with Crippen LogP contribution in [0, 0.1) is 17.5 Å². The third kappa shape index (κ3) is 4.73. The molecule has 2 rings (SSSR count). The molecule has 0 aliphatic carbocycles. The number of urea groups is 1. The third-order valence-corrected chi connectivity index (χ3v) is 2.75. The monoisotopic (exact) mass is 323 g/mol. The van der Waals surface area contributed by atoms with E-state index in [-0.39, 0.29) is 17.9 Å². The number of hydrogen-bond donors (Lipinski definition) is 2. The van der Waals surface area contributed by atoms with Gasteiger partial charge in [-0.25, -0.2) is 23.4 Å². The summed E-state index contributed by atoms with van der Waals surface area (Å²) in [6.45, 7) is -0.236. The SMILES string of the molecule is NC(=O)NN=Cc1ccc(F)cc1OCc1ccc(F)cc1F. The second kappa shape index (κ2) is 7.30. The summed E-state index contributed by atoms with van der Waals surface area (Å²) in [4.78, 5) is 10.5. The number of nitrogens with one attached hydrogen (secondary N) is 1. The summed E-state index contributed by atoms with van der Waals surface area (Å²) in [5.74, 6) is -1.97. The quantitative estimate of drug-likeness (QED) is 0.655. The number of amides is 2. The van der Waals surface area contributed by atoms with Crippen LogP contribution in [0.4, 0.5) is 18.0 Å². The lowest BCUT2D eigenvalue weighted by molar-refractivity contribution is 0.249. The van der Waals surface area contributed by atoms with Crippen LogP contribution in [0.3, 0.4) is 0 Å². The van der Waals surface area contributed by atoms with Crippen LogP contribution in [0.15, 0.2) is 41.5 Å². The van der Waals surface area contributed by atoms with Crippen molar-refractivity contribution < 1.29 is 22.7 Å². The first kappa shape index (κ1) is 16.3. The number of carbonyl (C=O) groups is 1. The van der Waals surface area contributed by atoms with E-state index in [4.69, 9.17) is 10.5 Å². The van der Waals surface area contributed by atoms with Crippen molar-refractivity contribution in [3.05, 3.63) is 65.0 Å². The summed E-state index contributed by atoms with van der Waals surface area (Å²) in [6.07, 6.45) is 1.19. The maximum Gasteiger partial charge on any atom is 0.332 e. The second-order valence-corrected chi connectivity index (χ2v) is 4.44. The first-order chi connectivity index (χ1) is 11.0. The Bertz CT molecular complexity index is 751. The van der Waals surface area contributed by atoms with E-state index in [1.54, 1.807) is 0 Å². The fraction of sp³-hybridized carbons (Fsp3) is 0.0667. The minimum Gasteiger partial charge on any atom is -0.488 e. The molecule has 5 nitrogen and oxygen atoms in total. The maximum atomic E-state index is 13.5. The lowest BCUT2D eigenvalue weighted by Crippen LogP contribution is -2.24. The lowest BCUT2D eigenvalue weighted by Gasteiger charge is -2.10. The Kier molecular flexibility index (Phi) is 5.19. The van der Waals surface area contributed by atoms with Crippen molar-refractivity contribution in [1.82, 2.24) is 5.43 Å². The Labute approximate surface area is 129 Å². The molecule has 0 saturated carbocycles. The van der Waals surface area contributed by atoms with Crippen LogP contribution in [0.2, 0.25) is 0 Å². The number of nitrogens with two attached hydrogens (primary N) is 1. The highest BCUT2D eigenvalue weighted by atomic mass is 19.1. The molecular weight excluding hydrogens is 311 g/mol. The van der Waals surface area contributed by atoms with Gasteiger partial charge in [0.2, 0.25) is 0 Å². The van der Waals surface area contributed by atoms with Gasteiger partial charge < -0.3 is 10.5 Å². The summed E-state index contributed by atoms with van der Waals surface area (Å²) in [5, 5.41) is 3.54. The lowest BCUT2D eigenvalue weighted by atomic mass is 10.2. The van der Waals surface area contributed by atoms with E-state index in [0.717, 1.165) is 24.3 Å². The minimum atomic E-state index is -0.862. The Morgan fingerprint density at radius 1 is 1.17 bits per heavy atom. The van der Waals surface area contributed by atoms with Gasteiger partial charge in [0.15, 0.2) is 0 Å². The molecule has 3 N–H and O–H groups in total. The van der Waals surface area contributed by atoms with Crippen LogP contribution in [0.25, 0.3) is 0 Å². The number of nitrogens with zero attached hydrogens (tertiary/aromatic N) is 1. The van der Waals surface area contributed by atoms with Crippen molar-refractivity contribution in [1.29, 1.82) is 0 Å². The zero-order valence-corrected chi connectivity index (χ0v) is 11.7. The van der Waals surface area contributed by atoms with Crippen molar-refractivity contribution in [2.45, 2.75) is 6.61 Å². The van der Waals surface area contributed by atoms with E-state index in [0.29, 0.717) is 5.56 Å². The van der Waals surface area contributed by atoms with E-state index in [9.17, 15) is 18.0 Å². The summed E-state index contributed by atoms with van der Waals surface area (Å²) in [5.41, 5.74) is 7.28. The number of hydrogen-bond acceptors (Lipinski definition) is 3. The average molecular weight is 323 g/mol. The van der Waals surface area contributed by atoms with E-state index in [2.05, 4.69) is 5.10 Å². The Balaban J connectivity index is 2.16. The third-order valence-electron chi connectivity index (χ3n) is 2.75. The predicted molar refractivity (Wildman–Crippen MR) is 77.4 cm³/mol. The normalized spacial score (nSPS) is 10.7. The van der Waals surface area contributed by atoms with E-state index >= 15 is 0 Å². The van der Waals surface area contributed by atoms with Gasteiger partial charge in [0.25, 0.3) is 0 Å². The highest BCUT2D eigenvalue weighted by Gasteiger charge is 2.08. The molecule has 0 aliphatic rings. The van der Waals surface area contributed by atoms with Gasteiger partial charge in [-0.05, 0) is 24.3 Å². The van der Waals surface area contributed by atoms with Gasteiger partial charge in [0.05, 0.1) is 6.21 Å². The molecule has 0 aromatic heterocycles. The molecule has 2 amide bonds. The van der Waals surface area contributed by atoms with Crippen LogP contribution in [-0.2, 0) is 6.61 Å². The van der Waals surface area contributed by atoms with Crippen LogP contribution in [0.1, 0.15) is 11.1 Å². The first-order valence-corrected chi connectivity index (χ1v) is 6.40. The van der Waals surface area contributed by atoms with Crippen molar-refractivity contribution in [2.75, 3.05) is 0 Å². The molecule has 0 atom stereocenters. The molecule has 0 saturated heterocycles. The van der Waals surface area contributed by atoms with Crippen LogP contribution in [0.5, 0.6) is 5.75 Å². The van der Waals surface area contributed by atoms with E-state index in [1.165, 1.54) is 18.3 Å². The van der Waals surface area contributed by atoms with E-state index < -0.39 is 23.5 Å². The predicted octanol–water partition coefficient (Wildman–Crippen LogP) is 2.69. The summed E-state index contributed by atoms with van der Waals surface area (Å²) in [6, 6.07) is 5.78. The molecule has 0 heterocycles. The number of halogens is 3. The second-order valence-electron chi connectivity index (χ2n) is 4.44. The Morgan fingerprint density at radius 3 is 2.57 bits per heavy atom. The van der Waals surface area contributed by atoms with E-state index in [1.807, 2.05) is 5.43 Å². The molecule has 0 radical (unpaired) electrons. The molecule has 0 aliphatic heterocycles. The van der Waals surface area contributed by atoms with Gasteiger partial charge in [0, 0.05) is 23.3 Å². The molecule has 120 valence electrons.